The van der Waals surface area contributed by atoms with E-state index in [1.807, 2.05) is 30.3 Å². The summed E-state index contributed by atoms with van der Waals surface area (Å²) in [6.45, 7) is 4.73. The molecule has 1 N–H and O–H groups in total. The van der Waals surface area contributed by atoms with Gasteiger partial charge in [-0.05, 0) is 62.0 Å². The minimum absolute atomic E-state index is 0.0530. The standard InChI is InChI=1S/C22H25FN2O2/c1-15-7-8-18(13-19(15)23)24-21(17-5-3-2-4-6-17)22(26)27-20-14-25-11-9-16(20)10-12-25/h2-8,13,16,20-21,24H,9-12,14H2,1H3/t20-,21?/m0/s1. The Morgan fingerprint density at radius 2 is 1.93 bits per heavy atom. The molecule has 27 heavy (non-hydrogen) atoms. The molecule has 0 radical (unpaired) electrons. The quantitative estimate of drug-likeness (QED) is 0.812. The van der Waals surface area contributed by atoms with Gasteiger partial charge in [-0.2, -0.15) is 0 Å². The predicted molar refractivity (Wildman–Crippen MR) is 103 cm³/mol. The van der Waals surface area contributed by atoms with Crippen molar-refractivity contribution in [1.29, 1.82) is 0 Å². The Morgan fingerprint density at radius 1 is 1.19 bits per heavy atom. The molecule has 0 saturated carbocycles. The summed E-state index contributed by atoms with van der Waals surface area (Å²) >= 11 is 0. The molecule has 3 heterocycles. The van der Waals surface area contributed by atoms with E-state index in [4.69, 9.17) is 4.74 Å². The summed E-state index contributed by atoms with van der Waals surface area (Å²) in [6.07, 6.45) is 2.12. The Balaban J connectivity index is 1.54. The summed E-state index contributed by atoms with van der Waals surface area (Å²) in [7, 11) is 0. The van der Waals surface area contributed by atoms with E-state index in [9.17, 15) is 9.18 Å². The molecule has 0 amide bonds. The molecule has 4 nitrogen and oxygen atoms in total. The molecule has 0 spiro atoms. The van der Waals surface area contributed by atoms with Gasteiger partial charge in [0.1, 0.15) is 11.9 Å². The normalized spacial score (nSPS) is 25.0. The van der Waals surface area contributed by atoms with E-state index in [1.54, 1.807) is 19.1 Å². The highest BCUT2D eigenvalue weighted by atomic mass is 19.1. The zero-order chi connectivity index (χ0) is 18.8. The molecule has 3 saturated heterocycles. The summed E-state index contributed by atoms with van der Waals surface area (Å²) in [5, 5.41) is 3.17. The number of fused-ring (bicyclic) bond motifs is 3. The van der Waals surface area contributed by atoms with Crippen molar-refractivity contribution >= 4 is 11.7 Å². The van der Waals surface area contributed by atoms with E-state index in [2.05, 4.69) is 10.2 Å². The van der Waals surface area contributed by atoms with Gasteiger partial charge in [0.05, 0.1) is 0 Å². The van der Waals surface area contributed by atoms with Gasteiger partial charge in [-0.3, -0.25) is 4.90 Å². The molecule has 5 heteroatoms. The van der Waals surface area contributed by atoms with Crippen molar-refractivity contribution in [3.05, 3.63) is 65.5 Å². The zero-order valence-electron chi connectivity index (χ0n) is 15.5. The molecule has 2 aromatic rings. The molecule has 1 unspecified atom stereocenters. The van der Waals surface area contributed by atoms with Crippen LogP contribution >= 0.6 is 0 Å². The number of nitrogens with zero attached hydrogens (tertiary/aromatic N) is 1. The largest absolute Gasteiger partial charge is 0.459 e. The Hall–Kier alpha value is -2.40. The number of anilines is 1. The first-order valence-electron chi connectivity index (χ1n) is 9.60. The summed E-state index contributed by atoms with van der Waals surface area (Å²) in [4.78, 5) is 15.4. The molecular weight excluding hydrogens is 343 g/mol. The van der Waals surface area contributed by atoms with E-state index >= 15 is 0 Å². The van der Waals surface area contributed by atoms with E-state index in [1.165, 1.54) is 6.07 Å². The van der Waals surface area contributed by atoms with Crippen molar-refractivity contribution in [3.8, 4) is 0 Å². The molecule has 0 aromatic heterocycles. The highest BCUT2D eigenvalue weighted by Crippen LogP contribution is 2.31. The molecule has 5 rings (SSSR count). The number of aryl methyl sites for hydroxylation is 1. The predicted octanol–water partition coefficient (Wildman–Crippen LogP) is 3.92. The van der Waals surface area contributed by atoms with Gasteiger partial charge in [0.15, 0.2) is 6.04 Å². The van der Waals surface area contributed by atoms with Gasteiger partial charge in [-0.1, -0.05) is 36.4 Å². The van der Waals surface area contributed by atoms with Gasteiger partial charge in [-0.25, -0.2) is 9.18 Å². The number of esters is 1. The Labute approximate surface area is 159 Å². The fourth-order valence-electron chi connectivity index (χ4n) is 4.03. The molecule has 3 fully saturated rings. The van der Waals surface area contributed by atoms with E-state index in [0.717, 1.165) is 38.0 Å². The number of ether oxygens (including phenoxy) is 1. The lowest BCUT2D eigenvalue weighted by Crippen LogP contribution is -2.52. The van der Waals surface area contributed by atoms with Crippen LogP contribution in [-0.4, -0.2) is 36.6 Å². The number of piperidine rings is 3. The maximum Gasteiger partial charge on any atom is 0.333 e. The van der Waals surface area contributed by atoms with E-state index in [-0.39, 0.29) is 17.9 Å². The lowest BCUT2D eigenvalue weighted by atomic mass is 9.86. The van der Waals surface area contributed by atoms with Gasteiger partial charge in [0.25, 0.3) is 0 Å². The molecule has 0 aliphatic carbocycles. The number of hydrogen-bond donors (Lipinski definition) is 1. The highest BCUT2D eigenvalue weighted by Gasteiger charge is 2.37. The van der Waals surface area contributed by atoms with Gasteiger partial charge in [-0.15, -0.1) is 0 Å². The third-order valence-electron chi connectivity index (χ3n) is 5.72. The molecule has 2 bridgehead atoms. The first-order chi connectivity index (χ1) is 13.1. The van der Waals surface area contributed by atoms with Crippen LogP contribution in [0.5, 0.6) is 0 Å². The second-order valence-electron chi connectivity index (χ2n) is 7.57. The fourth-order valence-corrected chi connectivity index (χ4v) is 4.03. The van der Waals surface area contributed by atoms with Gasteiger partial charge < -0.3 is 10.1 Å². The second kappa shape index (κ2) is 7.69. The number of carbonyl (C=O) groups is 1. The van der Waals surface area contributed by atoms with Gasteiger partial charge >= 0.3 is 5.97 Å². The van der Waals surface area contributed by atoms with Crippen molar-refractivity contribution in [2.75, 3.05) is 25.0 Å². The third kappa shape index (κ3) is 3.98. The Bertz CT molecular complexity index is 803. The minimum atomic E-state index is -0.663. The molecule has 3 aliphatic rings. The van der Waals surface area contributed by atoms with E-state index < -0.39 is 6.04 Å². The average molecular weight is 368 g/mol. The number of rotatable bonds is 5. The van der Waals surface area contributed by atoms with Crippen molar-refractivity contribution < 1.29 is 13.9 Å². The van der Waals surface area contributed by atoms with Crippen LogP contribution in [0.15, 0.2) is 48.5 Å². The van der Waals surface area contributed by atoms with Crippen LogP contribution in [0.4, 0.5) is 10.1 Å². The number of benzene rings is 2. The molecule has 142 valence electrons. The lowest BCUT2D eigenvalue weighted by molar-refractivity contribution is -0.159. The number of hydrogen-bond acceptors (Lipinski definition) is 4. The van der Waals surface area contributed by atoms with Crippen molar-refractivity contribution in [2.24, 2.45) is 5.92 Å². The smallest absolute Gasteiger partial charge is 0.333 e. The number of nitrogens with one attached hydrogen (secondary N) is 1. The maximum absolute atomic E-state index is 13.9. The summed E-state index contributed by atoms with van der Waals surface area (Å²) < 4.78 is 19.9. The topological polar surface area (TPSA) is 41.6 Å². The minimum Gasteiger partial charge on any atom is -0.459 e. The zero-order valence-corrected chi connectivity index (χ0v) is 15.5. The second-order valence-corrected chi connectivity index (χ2v) is 7.57. The summed E-state index contributed by atoms with van der Waals surface area (Å²) in [5.74, 6) is -0.148. The van der Waals surface area contributed by atoms with Crippen LogP contribution < -0.4 is 5.32 Å². The van der Waals surface area contributed by atoms with Crippen LogP contribution in [0.3, 0.4) is 0 Å². The van der Waals surface area contributed by atoms with Crippen molar-refractivity contribution in [3.63, 3.8) is 0 Å². The van der Waals surface area contributed by atoms with Crippen molar-refractivity contribution in [2.45, 2.75) is 31.9 Å². The number of carbonyl (C=O) groups excluding carboxylic acids is 1. The maximum atomic E-state index is 13.9. The summed E-state index contributed by atoms with van der Waals surface area (Å²) in [6, 6.07) is 13.7. The first kappa shape index (κ1) is 18.0. The molecule has 2 aromatic carbocycles. The van der Waals surface area contributed by atoms with E-state index in [0.29, 0.717) is 17.2 Å². The lowest BCUT2D eigenvalue weighted by Gasteiger charge is -2.44. The first-order valence-corrected chi connectivity index (χ1v) is 9.60. The molecular formula is C22H25FN2O2. The van der Waals surface area contributed by atoms with Crippen LogP contribution in [0.1, 0.15) is 30.0 Å². The average Bonchev–Trinajstić information content (AvgIpc) is 2.70. The van der Waals surface area contributed by atoms with Crippen LogP contribution in [0.2, 0.25) is 0 Å². The third-order valence-corrected chi connectivity index (χ3v) is 5.72. The van der Waals surface area contributed by atoms with Crippen molar-refractivity contribution in [1.82, 2.24) is 4.90 Å². The monoisotopic (exact) mass is 368 g/mol. The van der Waals surface area contributed by atoms with Gasteiger partial charge in [0, 0.05) is 12.2 Å². The van der Waals surface area contributed by atoms with Gasteiger partial charge in [0.2, 0.25) is 0 Å². The Morgan fingerprint density at radius 3 is 2.56 bits per heavy atom. The Kier molecular flexibility index (Phi) is 5.12. The SMILES string of the molecule is Cc1ccc(NC(C(=O)O[C@H]2CN3CCC2CC3)c2ccccc2)cc1F. The summed E-state index contributed by atoms with van der Waals surface area (Å²) in [5.41, 5.74) is 1.95. The fraction of sp³-hybridized carbons (Fsp3) is 0.409. The van der Waals surface area contributed by atoms with Crippen LogP contribution in [0, 0.1) is 18.7 Å². The molecule has 3 aliphatic heterocycles. The number of halogens is 1. The van der Waals surface area contributed by atoms with Crippen LogP contribution in [0.25, 0.3) is 0 Å². The molecule has 2 atom stereocenters. The highest BCUT2D eigenvalue weighted by molar-refractivity contribution is 5.81. The van der Waals surface area contributed by atoms with Crippen LogP contribution in [-0.2, 0) is 9.53 Å².